The number of hydrogen-bond acceptors (Lipinski definition) is 8. The third-order valence-corrected chi connectivity index (χ3v) is 5.84. The molecule has 2 aliphatic rings. The van der Waals surface area contributed by atoms with E-state index in [1.165, 1.54) is 18.3 Å². The van der Waals surface area contributed by atoms with Gasteiger partial charge in [0.1, 0.15) is 11.4 Å². The van der Waals surface area contributed by atoms with Crippen LogP contribution in [0.5, 0.6) is 0 Å². The van der Waals surface area contributed by atoms with Crippen LogP contribution in [0.15, 0.2) is 36.5 Å². The molecule has 1 unspecified atom stereocenters. The second-order valence-electron chi connectivity index (χ2n) is 8.50. The highest BCUT2D eigenvalue weighted by Crippen LogP contribution is 2.48. The van der Waals surface area contributed by atoms with Gasteiger partial charge in [-0.3, -0.25) is 4.98 Å². The zero-order chi connectivity index (χ0) is 24.8. The zero-order valence-corrected chi connectivity index (χ0v) is 17.9. The monoisotopic (exact) mass is 488 g/mol. The van der Waals surface area contributed by atoms with Gasteiger partial charge in [0.2, 0.25) is 11.9 Å². The van der Waals surface area contributed by atoms with Gasteiger partial charge in [-0.15, -0.1) is 0 Å². The molecule has 3 aromatic heterocycles. The molecule has 0 saturated heterocycles. The molecule has 0 spiro atoms. The Morgan fingerprint density at radius 2 is 1.80 bits per heavy atom. The van der Waals surface area contributed by atoms with Crippen LogP contribution in [-0.2, 0) is 11.6 Å². The number of rotatable bonds is 7. The quantitative estimate of drug-likeness (QED) is 0.460. The maximum Gasteiger partial charge on any atom is 0.433 e. The minimum Gasteiger partial charge on any atom is -0.354 e. The first-order valence-corrected chi connectivity index (χ1v) is 10.7. The van der Waals surface area contributed by atoms with Crippen LogP contribution in [0.3, 0.4) is 0 Å². The van der Waals surface area contributed by atoms with Crippen molar-refractivity contribution < 1.29 is 22.0 Å². The summed E-state index contributed by atoms with van der Waals surface area (Å²) in [5.41, 5.74) is -0.853. The SMILES string of the molecule is N#CC1(c2cc(Nc3nc(NCC4CC4(F)F)nc(-c4cccc(C(F)(F)F)n4)n3)ccn2)CC1. The van der Waals surface area contributed by atoms with E-state index < -0.39 is 29.1 Å². The van der Waals surface area contributed by atoms with Crippen LogP contribution in [-0.4, -0.2) is 37.4 Å². The minimum atomic E-state index is -4.67. The highest BCUT2D eigenvalue weighted by molar-refractivity contribution is 5.59. The van der Waals surface area contributed by atoms with E-state index in [1.807, 2.05) is 0 Å². The largest absolute Gasteiger partial charge is 0.433 e. The maximum atomic E-state index is 13.3. The molecular weight excluding hydrogens is 471 g/mol. The molecular formula is C22H17F5N8. The Kier molecular flexibility index (Phi) is 5.26. The average Bonchev–Trinajstić information content (AvgIpc) is 3.73. The van der Waals surface area contributed by atoms with Crippen LogP contribution >= 0.6 is 0 Å². The lowest BCUT2D eigenvalue weighted by atomic mass is 10.0. The molecule has 13 heteroatoms. The van der Waals surface area contributed by atoms with Gasteiger partial charge in [-0.1, -0.05) is 6.07 Å². The highest BCUT2D eigenvalue weighted by atomic mass is 19.4. The topological polar surface area (TPSA) is 112 Å². The van der Waals surface area contributed by atoms with Crippen molar-refractivity contribution in [2.75, 3.05) is 17.2 Å². The number of pyridine rings is 2. The molecule has 3 aromatic rings. The fraction of sp³-hybridized carbons (Fsp3) is 0.364. The molecule has 0 amide bonds. The number of halogens is 5. The van der Waals surface area contributed by atoms with Gasteiger partial charge in [-0.2, -0.15) is 33.4 Å². The molecule has 2 N–H and O–H groups in total. The third kappa shape index (κ3) is 4.82. The van der Waals surface area contributed by atoms with Gasteiger partial charge in [0.05, 0.1) is 17.2 Å². The Hall–Kier alpha value is -3.95. The fourth-order valence-corrected chi connectivity index (χ4v) is 3.50. The molecule has 0 aliphatic heterocycles. The van der Waals surface area contributed by atoms with Crippen LogP contribution in [0, 0.1) is 17.2 Å². The summed E-state index contributed by atoms with van der Waals surface area (Å²) in [7, 11) is 0. The standard InChI is InChI=1S/C22H17F5N8/c23-21(24)9-12(21)10-30-18-33-17(14-2-1-3-15(32-14)22(25,26)27)34-19(35-18)31-13-4-7-29-16(8-13)20(11-28)5-6-20/h1-4,7-8,12H,5-6,9-10H2,(H2,29,30,31,33,34,35). The molecule has 0 radical (unpaired) electrons. The lowest BCUT2D eigenvalue weighted by Gasteiger charge is -2.12. The zero-order valence-electron chi connectivity index (χ0n) is 17.9. The summed E-state index contributed by atoms with van der Waals surface area (Å²) in [6.45, 7) is -0.115. The number of nitriles is 1. The van der Waals surface area contributed by atoms with Crippen LogP contribution in [0.2, 0.25) is 0 Å². The molecule has 2 fully saturated rings. The van der Waals surface area contributed by atoms with E-state index in [0.717, 1.165) is 6.07 Å². The van der Waals surface area contributed by atoms with E-state index in [-0.39, 0.29) is 36.4 Å². The van der Waals surface area contributed by atoms with Gasteiger partial charge in [0.25, 0.3) is 5.92 Å². The van der Waals surface area contributed by atoms with Crippen molar-refractivity contribution in [3.63, 3.8) is 0 Å². The molecule has 3 heterocycles. The lowest BCUT2D eigenvalue weighted by molar-refractivity contribution is -0.141. The Morgan fingerprint density at radius 3 is 2.46 bits per heavy atom. The number of aromatic nitrogens is 5. The Balaban J connectivity index is 1.47. The minimum absolute atomic E-state index is 0.0433. The van der Waals surface area contributed by atoms with E-state index in [1.54, 1.807) is 12.1 Å². The summed E-state index contributed by atoms with van der Waals surface area (Å²) in [4.78, 5) is 20.3. The number of alkyl halides is 5. The maximum absolute atomic E-state index is 13.3. The van der Waals surface area contributed by atoms with Crippen LogP contribution in [0.4, 0.5) is 39.5 Å². The summed E-state index contributed by atoms with van der Waals surface area (Å²) in [5, 5.41) is 15.1. The van der Waals surface area contributed by atoms with Crippen molar-refractivity contribution in [1.82, 2.24) is 24.9 Å². The normalized spacial score (nSPS) is 19.5. The summed E-state index contributed by atoms with van der Waals surface area (Å²) in [6.07, 6.45) is -2.04. The van der Waals surface area contributed by atoms with Crippen molar-refractivity contribution in [3.8, 4) is 17.6 Å². The van der Waals surface area contributed by atoms with Gasteiger partial charge in [0, 0.05) is 30.8 Å². The van der Waals surface area contributed by atoms with Crippen molar-refractivity contribution in [2.45, 2.75) is 36.8 Å². The number of anilines is 3. The van der Waals surface area contributed by atoms with Crippen LogP contribution in [0.25, 0.3) is 11.5 Å². The molecule has 180 valence electrons. The van der Waals surface area contributed by atoms with Crippen LogP contribution < -0.4 is 10.6 Å². The third-order valence-electron chi connectivity index (χ3n) is 5.84. The van der Waals surface area contributed by atoms with E-state index >= 15 is 0 Å². The molecule has 1 atom stereocenters. The number of nitrogens with one attached hydrogen (secondary N) is 2. The Labute approximate surface area is 195 Å². The highest BCUT2D eigenvalue weighted by Gasteiger charge is 2.56. The molecule has 0 aromatic carbocycles. The van der Waals surface area contributed by atoms with Crippen LogP contribution in [0.1, 0.15) is 30.7 Å². The van der Waals surface area contributed by atoms with E-state index in [9.17, 15) is 27.2 Å². The van der Waals surface area contributed by atoms with Crippen molar-refractivity contribution >= 4 is 17.6 Å². The number of nitrogens with zero attached hydrogens (tertiary/aromatic N) is 6. The molecule has 2 aliphatic carbocycles. The molecule has 0 bridgehead atoms. The van der Waals surface area contributed by atoms with E-state index in [2.05, 4.69) is 41.6 Å². The number of hydrogen-bond donors (Lipinski definition) is 2. The van der Waals surface area contributed by atoms with Gasteiger partial charge in [-0.05, 0) is 37.1 Å². The molecule has 35 heavy (non-hydrogen) atoms. The summed E-state index contributed by atoms with van der Waals surface area (Å²) in [5.74, 6) is -3.96. The Morgan fingerprint density at radius 1 is 1.06 bits per heavy atom. The van der Waals surface area contributed by atoms with Gasteiger partial charge < -0.3 is 10.6 Å². The lowest BCUT2D eigenvalue weighted by Crippen LogP contribution is -2.14. The van der Waals surface area contributed by atoms with Crippen molar-refractivity contribution in [3.05, 3.63) is 47.9 Å². The molecule has 5 rings (SSSR count). The summed E-state index contributed by atoms with van der Waals surface area (Å²) < 4.78 is 66.0. The van der Waals surface area contributed by atoms with Crippen molar-refractivity contribution in [2.24, 2.45) is 5.92 Å². The second kappa shape index (κ2) is 8.07. The van der Waals surface area contributed by atoms with Gasteiger partial charge >= 0.3 is 6.18 Å². The Bertz CT molecular complexity index is 1320. The van der Waals surface area contributed by atoms with Gasteiger partial charge in [0.15, 0.2) is 5.82 Å². The van der Waals surface area contributed by atoms with Crippen molar-refractivity contribution in [1.29, 1.82) is 5.26 Å². The van der Waals surface area contributed by atoms with Gasteiger partial charge in [-0.25, -0.2) is 13.8 Å². The smallest absolute Gasteiger partial charge is 0.354 e. The summed E-state index contributed by atoms with van der Waals surface area (Å²) in [6, 6.07) is 8.83. The second-order valence-corrected chi connectivity index (χ2v) is 8.50. The average molecular weight is 488 g/mol. The van der Waals surface area contributed by atoms with E-state index in [0.29, 0.717) is 24.2 Å². The van der Waals surface area contributed by atoms with E-state index in [4.69, 9.17) is 0 Å². The molecule has 2 saturated carbocycles. The first-order valence-electron chi connectivity index (χ1n) is 10.7. The first kappa shape index (κ1) is 22.8. The fourth-order valence-electron chi connectivity index (χ4n) is 3.50. The predicted molar refractivity (Wildman–Crippen MR) is 114 cm³/mol. The predicted octanol–water partition coefficient (Wildman–Crippen LogP) is 4.71. The summed E-state index contributed by atoms with van der Waals surface area (Å²) >= 11 is 0. The molecule has 8 nitrogen and oxygen atoms in total. The first-order chi connectivity index (χ1) is 16.6.